The standard InChI is InChI=1S/C12H20N4O/c1-12(2,3)7-16(4)10-5-8(11(14)17)9(13)6-15-10/h5-6H,7,13H2,1-4H3,(H2,14,17). The first-order valence-corrected chi connectivity index (χ1v) is 5.47. The number of carbonyl (C=O) groups excluding carboxylic acids is 1. The largest absolute Gasteiger partial charge is 0.397 e. The van der Waals surface area contributed by atoms with E-state index in [1.165, 1.54) is 6.20 Å². The summed E-state index contributed by atoms with van der Waals surface area (Å²) >= 11 is 0. The summed E-state index contributed by atoms with van der Waals surface area (Å²) in [5.41, 5.74) is 11.7. The van der Waals surface area contributed by atoms with Crippen LogP contribution in [0.3, 0.4) is 0 Å². The average molecular weight is 236 g/mol. The number of amides is 1. The molecule has 1 aromatic heterocycles. The molecular weight excluding hydrogens is 216 g/mol. The molecule has 0 spiro atoms. The molecular formula is C12H20N4O. The van der Waals surface area contributed by atoms with Gasteiger partial charge in [0.1, 0.15) is 5.82 Å². The Kier molecular flexibility index (Phi) is 3.60. The number of aromatic nitrogens is 1. The van der Waals surface area contributed by atoms with Crippen LogP contribution in [-0.2, 0) is 0 Å². The molecule has 1 rings (SSSR count). The van der Waals surface area contributed by atoms with Crippen molar-refractivity contribution in [3.63, 3.8) is 0 Å². The van der Waals surface area contributed by atoms with Gasteiger partial charge in [-0.05, 0) is 11.5 Å². The summed E-state index contributed by atoms with van der Waals surface area (Å²) in [6.45, 7) is 7.23. The predicted octanol–water partition coefficient (Wildman–Crippen LogP) is 1.25. The smallest absolute Gasteiger partial charge is 0.250 e. The number of hydrogen-bond acceptors (Lipinski definition) is 4. The molecule has 0 atom stereocenters. The van der Waals surface area contributed by atoms with Crippen molar-refractivity contribution in [2.75, 3.05) is 24.2 Å². The summed E-state index contributed by atoms with van der Waals surface area (Å²) in [5.74, 6) is 0.165. The molecule has 0 radical (unpaired) electrons. The van der Waals surface area contributed by atoms with E-state index in [2.05, 4.69) is 25.8 Å². The monoisotopic (exact) mass is 236 g/mol. The Bertz CT molecular complexity index is 423. The van der Waals surface area contributed by atoms with E-state index in [1.54, 1.807) is 6.07 Å². The van der Waals surface area contributed by atoms with Crippen molar-refractivity contribution in [1.29, 1.82) is 0 Å². The summed E-state index contributed by atoms with van der Waals surface area (Å²) in [5, 5.41) is 0. The maximum absolute atomic E-state index is 11.2. The van der Waals surface area contributed by atoms with Gasteiger partial charge in [0.15, 0.2) is 0 Å². The van der Waals surface area contributed by atoms with Gasteiger partial charge in [0.25, 0.3) is 5.91 Å². The molecule has 17 heavy (non-hydrogen) atoms. The lowest BCUT2D eigenvalue weighted by atomic mass is 9.96. The molecule has 0 fully saturated rings. The highest BCUT2D eigenvalue weighted by atomic mass is 16.1. The number of nitrogens with two attached hydrogens (primary N) is 2. The van der Waals surface area contributed by atoms with Gasteiger partial charge in [-0.1, -0.05) is 20.8 Å². The fourth-order valence-corrected chi connectivity index (χ4v) is 1.67. The molecule has 4 N–H and O–H groups in total. The number of rotatable bonds is 3. The molecule has 0 bridgehead atoms. The Morgan fingerprint density at radius 1 is 1.47 bits per heavy atom. The molecule has 0 aliphatic heterocycles. The highest BCUT2D eigenvalue weighted by Crippen LogP contribution is 2.21. The zero-order valence-corrected chi connectivity index (χ0v) is 10.8. The van der Waals surface area contributed by atoms with Gasteiger partial charge in [0.2, 0.25) is 0 Å². The molecule has 1 aromatic rings. The van der Waals surface area contributed by atoms with Crippen LogP contribution in [0.2, 0.25) is 0 Å². The van der Waals surface area contributed by atoms with Crippen LogP contribution in [0.25, 0.3) is 0 Å². The first-order valence-electron chi connectivity index (χ1n) is 5.47. The number of primary amides is 1. The summed E-state index contributed by atoms with van der Waals surface area (Å²) in [6.07, 6.45) is 1.47. The minimum Gasteiger partial charge on any atom is -0.397 e. The van der Waals surface area contributed by atoms with Crippen LogP contribution in [0.5, 0.6) is 0 Å². The van der Waals surface area contributed by atoms with Crippen LogP contribution in [0.1, 0.15) is 31.1 Å². The van der Waals surface area contributed by atoms with Crippen LogP contribution >= 0.6 is 0 Å². The van der Waals surface area contributed by atoms with Crippen LogP contribution in [-0.4, -0.2) is 24.5 Å². The number of hydrogen-bond donors (Lipinski definition) is 2. The van der Waals surface area contributed by atoms with E-state index in [0.717, 1.165) is 6.54 Å². The Balaban J connectivity index is 3.00. The van der Waals surface area contributed by atoms with Crippen molar-refractivity contribution in [3.8, 4) is 0 Å². The van der Waals surface area contributed by atoms with Gasteiger partial charge >= 0.3 is 0 Å². The van der Waals surface area contributed by atoms with Crippen LogP contribution in [0.4, 0.5) is 11.5 Å². The van der Waals surface area contributed by atoms with Gasteiger partial charge in [0, 0.05) is 13.6 Å². The van der Waals surface area contributed by atoms with Crippen molar-refractivity contribution in [1.82, 2.24) is 4.98 Å². The maximum Gasteiger partial charge on any atom is 0.250 e. The van der Waals surface area contributed by atoms with Gasteiger partial charge in [0.05, 0.1) is 17.4 Å². The number of anilines is 2. The zero-order valence-electron chi connectivity index (χ0n) is 10.8. The van der Waals surface area contributed by atoms with E-state index < -0.39 is 5.91 Å². The minimum absolute atomic E-state index is 0.144. The van der Waals surface area contributed by atoms with E-state index in [0.29, 0.717) is 17.1 Å². The van der Waals surface area contributed by atoms with E-state index in [-0.39, 0.29) is 5.41 Å². The van der Waals surface area contributed by atoms with Crippen LogP contribution < -0.4 is 16.4 Å². The number of nitrogen functional groups attached to an aromatic ring is 1. The molecule has 5 heteroatoms. The summed E-state index contributed by atoms with van der Waals surface area (Å²) in [4.78, 5) is 17.4. The normalized spacial score (nSPS) is 11.3. The lowest BCUT2D eigenvalue weighted by molar-refractivity contribution is 0.100. The van der Waals surface area contributed by atoms with Gasteiger partial charge < -0.3 is 16.4 Å². The molecule has 1 amide bonds. The summed E-state index contributed by atoms with van der Waals surface area (Å²) < 4.78 is 0. The van der Waals surface area contributed by atoms with E-state index in [4.69, 9.17) is 11.5 Å². The second-order valence-electron chi connectivity index (χ2n) is 5.41. The third-order valence-electron chi connectivity index (χ3n) is 2.29. The lowest BCUT2D eigenvalue weighted by Gasteiger charge is -2.27. The molecule has 0 saturated heterocycles. The van der Waals surface area contributed by atoms with Gasteiger partial charge in [-0.2, -0.15) is 0 Å². The third kappa shape index (κ3) is 3.62. The first kappa shape index (κ1) is 13.3. The highest BCUT2D eigenvalue weighted by Gasteiger charge is 2.16. The Labute approximate surface area is 102 Å². The molecule has 1 heterocycles. The predicted molar refractivity (Wildman–Crippen MR) is 69.9 cm³/mol. The molecule has 0 unspecified atom stereocenters. The van der Waals surface area contributed by atoms with Gasteiger partial charge in [-0.25, -0.2) is 4.98 Å². The van der Waals surface area contributed by atoms with Crippen LogP contribution in [0, 0.1) is 5.41 Å². The van der Waals surface area contributed by atoms with Gasteiger partial charge in [-0.3, -0.25) is 4.79 Å². The van der Waals surface area contributed by atoms with Gasteiger partial charge in [-0.15, -0.1) is 0 Å². The quantitative estimate of drug-likeness (QED) is 0.827. The summed E-state index contributed by atoms with van der Waals surface area (Å²) in [7, 11) is 1.93. The molecule has 0 aliphatic carbocycles. The van der Waals surface area contributed by atoms with Crippen molar-refractivity contribution < 1.29 is 4.79 Å². The van der Waals surface area contributed by atoms with Crippen LogP contribution in [0.15, 0.2) is 12.3 Å². The molecule has 5 nitrogen and oxygen atoms in total. The molecule has 94 valence electrons. The Hall–Kier alpha value is -1.78. The number of carbonyl (C=O) groups is 1. The molecule has 0 aromatic carbocycles. The molecule has 0 aliphatic rings. The van der Waals surface area contributed by atoms with Crippen molar-refractivity contribution in [2.24, 2.45) is 11.1 Å². The topological polar surface area (TPSA) is 85.2 Å². The van der Waals surface area contributed by atoms with E-state index in [1.807, 2.05) is 11.9 Å². The van der Waals surface area contributed by atoms with Crippen molar-refractivity contribution in [2.45, 2.75) is 20.8 Å². The number of nitrogens with zero attached hydrogens (tertiary/aromatic N) is 2. The van der Waals surface area contributed by atoms with Crippen molar-refractivity contribution >= 4 is 17.4 Å². The highest BCUT2D eigenvalue weighted by molar-refractivity contribution is 5.98. The molecule has 0 saturated carbocycles. The summed E-state index contributed by atoms with van der Waals surface area (Å²) in [6, 6.07) is 1.63. The maximum atomic E-state index is 11.2. The minimum atomic E-state index is -0.532. The fourth-order valence-electron chi connectivity index (χ4n) is 1.67. The van der Waals surface area contributed by atoms with Crippen molar-refractivity contribution in [3.05, 3.63) is 17.8 Å². The second kappa shape index (κ2) is 4.61. The van der Waals surface area contributed by atoms with E-state index in [9.17, 15) is 4.79 Å². The second-order valence-corrected chi connectivity index (χ2v) is 5.41. The third-order valence-corrected chi connectivity index (χ3v) is 2.29. The first-order chi connectivity index (χ1) is 7.70. The fraction of sp³-hybridized carbons (Fsp3) is 0.500. The average Bonchev–Trinajstić information content (AvgIpc) is 2.14. The Morgan fingerprint density at radius 2 is 2.06 bits per heavy atom. The SMILES string of the molecule is CN(CC(C)(C)C)c1cc(C(N)=O)c(N)cn1. The number of pyridine rings is 1. The lowest BCUT2D eigenvalue weighted by Crippen LogP contribution is -2.30. The Morgan fingerprint density at radius 3 is 2.53 bits per heavy atom. The van der Waals surface area contributed by atoms with E-state index >= 15 is 0 Å². The zero-order chi connectivity index (χ0) is 13.2.